The Bertz CT molecular complexity index is 2460. The van der Waals surface area contributed by atoms with Crippen LogP contribution in [0.5, 0.6) is 11.5 Å². The summed E-state index contributed by atoms with van der Waals surface area (Å²) in [5, 5.41) is 44.9. The number of hydrogen-bond donors (Lipinski definition) is 4. The SMILES string of the molecule is CC.CC.CC.CC.CC.CC.CC.COOCc1ccccc1C(C)N/N=C(\N=N[CH-]c1ccccc1O)c1ccccc1.COc1ccccc1C(C)N/N=C(\N=N[CH-]c1ccccc1C(=O)O)c1ccccc1.[Cu+].[Cu+]. The topological polar surface area (TPSA) is 183 Å². The van der Waals surface area contributed by atoms with Gasteiger partial charge in [0.1, 0.15) is 12.4 Å². The number of benzene rings is 6. The second-order valence-electron chi connectivity index (χ2n) is 13.3. The van der Waals surface area contributed by atoms with E-state index in [-0.39, 0.29) is 57.5 Å². The number of methoxy groups -OCH3 is 1. The van der Waals surface area contributed by atoms with Crippen LogP contribution in [0.3, 0.4) is 0 Å². The van der Waals surface area contributed by atoms with Gasteiger partial charge in [0, 0.05) is 22.4 Å². The van der Waals surface area contributed by atoms with Gasteiger partial charge in [0.25, 0.3) is 5.97 Å². The van der Waals surface area contributed by atoms with E-state index in [0.29, 0.717) is 29.4 Å². The van der Waals surface area contributed by atoms with E-state index in [1.165, 1.54) is 26.3 Å². The largest absolute Gasteiger partial charge is 1.00 e. The molecule has 0 heterocycles. The Morgan fingerprint density at radius 2 is 0.897 bits per heavy atom. The molecule has 6 aromatic carbocycles. The van der Waals surface area contributed by atoms with Crippen LogP contribution in [0.15, 0.2) is 188 Å². The van der Waals surface area contributed by atoms with Crippen molar-refractivity contribution in [2.75, 3.05) is 14.2 Å². The Labute approximate surface area is 490 Å². The van der Waals surface area contributed by atoms with Gasteiger partial charge in [-0.25, -0.2) is 20.0 Å². The third kappa shape index (κ3) is 31.4. The maximum absolute atomic E-state index is 11.4. The van der Waals surface area contributed by atoms with Crippen LogP contribution in [0.2, 0.25) is 0 Å². The molecule has 0 radical (unpaired) electrons. The summed E-state index contributed by atoms with van der Waals surface area (Å²) in [6, 6.07) is 47.9. The maximum atomic E-state index is 11.4. The van der Waals surface area contributed by atoms with E-state index in [1.807, 2.05) is 226 Å². The fourth-order valence-electron chi connectivity index (χ4n) is 5.85. The molecule has 0 amide bonds. The molecule has 0 aliphatic rings. The molecule has 0 aliphatic carbocycles. The minimum absolute atomic E-state index is 0. The third-order valence-electron chi connectivity index (χ3n) is 9.08. The van der Waals surface area contributed by atoms with E-state index in [0.717, 1.165) is 33.6 Å². The van der Waals surface area contributed by atoms with Crippen molar-refractivity contribution in [3.8, 4) is 11.5 Å². The number of phenolic OH excluding ortho intramolecular Hbond substituents is 1. The molecule has 6 rings (SSSR count). The molecule has 0 bridgehead atoms. The van der Waals surface area contributed by atoms with E-state index >= 15 is 0 Å². The average Bonchev–Trinajstić information content (AvgIpc) is 3.50. The molecule has 0 fully saturated rings. The number of azo groups is 2. The Kier molecular flexibility index (Phi) is 56.5. The van der Waals surface area contributed by atoms with Crippen molar-refractivity contribution in [3.63, 3.8) is 0 Å². The number of amidine groups is 2. The van der Waals surface area contributed by atoms with Crippen LogP contribution >= 0.6 is 0 Å². The zero-order valence-corrected chi connectivity index (χ0v) is 51.2. The fraction of sp³-hybridized carbons (Fsp3) is 0.339. The maximum Gasteiger partial charge on any atom is 1.00 e. The van der Waals surface area contributed by atoms with Crippen LogP contribution in [-0.4, -0.2) is 42.1 Å². The standard InChI is InChI=1S/C24H25N4O3.C24H23N4O3.7C2H6.2Cu/c1-18(22-14-8-6-13-21(22)17-31-30-2)26-28-24(19-10-4-3-5-11-19)27-25-16-20-12-7-9-15-23(20)29;1-17(20-13-8-9-15-22(20)31-2)26-28-23(18-10-4-3-5-11-18)27-25-16-19-12-6-7-14-21(19)24(29)30;7*1-2;;/h3-16,18,26,29H,17H2,1-2H3;3-17,26H,1-2H3,(H,29,30);7*1-2H3;;/q2*-1;;;;;;;;2*+1/b27-25?,28-24-;27-25?,28-23-;;;;;;;;;. The number of carboxylic acid groups (broad SMARTS) is 1. The Morgan fingerprint density at radius 1 is 0.513 bits per heavy atom. The molecular weight excluding hydrogens is 1080 g/mol. The number of ether oxygens (including phenoxy) is 1. The van der Waals surface area contributed by atoms with Gasteiger partial charge in [-0.3, -0.25) is 4.79 Å². The van der Waals surface area contributed by atoms with Crippen molar-refractivity contribution in [2.45, 2.75) is 129 Å². The van der Waals surface area contributed by atoms with Crippen LogP contribution in [0.1, 0.15) is 172 Å². The van der Waals surface area contributed by atoms with E-state index in [2.05, 4.69) is 41.5 Å². The summed E-state index contributed by atoms with van der Waals surface area (Å²) in [6.45, 7) is 35.2. The summed E-state index contributed by atoms with van der Waals surface area (Å²) < 4.78 is 5.42. The van der Waals surface area contributed by atoms with Gasteiger partial charge in [-0.15, -0.1) is 34.0 Å². The number of aromatic hydroxyl groups is 1. The van der Waals surface area contributed by atoms with Gasteiger partial charge in [0.2, 0.25) is 0 Å². The number of hydrogen-bond acceptors (Lipinski definition) is 11. The minimum atomic E-state index is -1.02. The number of nitrogens with one attached hydrogen (secondary N) is 2. The Balaban J connectivity index is -0.000000364. The summed E-state index contributed by atoms with van der Waals surface area (Å²) in [4.78, 5) is 21.2. The van der Waals surface area contributed by atoms with Crippen molar-refractivity contribution in [1.82, 2.24) is 10.9 Å². The van der Waals surface area contributed by atoms with Crippen LogP contribution in [0, 0.1) is 13.1 Å². The first-order valence-corrected chi connectivity index (χ1v) is 26.5. The number of hydrazone groups is 2. The summed E-state index contributed by atoms with van der Waals surface area (Å²) in [5.41, 5.74) is 12.0. The molecule has 16 heteroatoms. The Morgan fingerprint density at radius 3 is 1.36 bits per heavy atom. The summed E-state index contributed by atoms with van der Waals surface area (Å²) in [5.74, 6) is 0.669. The van der Waals surface area contributed by atoms with E-state index in [4.69, 9.17) is 14.5 Å². The normalized spacial score (nSPS) is 10.5. The van der Waals surface area contributed by atoms with Gasteiger partial charge in [-0.1, -0.05) is 225 Å². The predicted molar refractivity (Wildman–Crippen MR) is 318 cm³/mol. The number of para-hydroxylation sites is 2. The predicted octanol–water partition coefficient (Wildman–Crippen LogP) is 17.4. The molecule has 0 aromatic heterocycles. The molecular formula is C62H90Cu2N8O6. The van der Waals surface area contributed by atoms with E-state index in [1.54, 1.807) is 43.5 Å². The second kappa shape index (κ2) is 55.0. The fourth-order valence-corrected chi connectivity index (χ4v) is 5.85. The first-order chi connectivity index (χ1) is 37.3. The molecule has 78 heavy (non-hydrogen) atoms. The third-order valence-corrected chi connectivity index (χ3v) is 9.08. The number of phenols is 1. The Hall–Kier alpha value is -6.77. The summed E-state index contributed by atoms with van der Waals surface area (Å²) in [7, 11) is 3.11. The number of aromatic carboxylic acids is 1. The molecule has 0 spiro atoms. The van der Waals surface area contributed by atoms with Crippen molar-refractivity contribution in [1.29, 1.82) is 0 Å². The summed E-state index contributed by atoms with van der Waals surface area (Å²) >= 11 is 0. The van der Waals surface area contributed by atoms with Crippen molar-refractivity contribution in [3.05, 3.63) is 215 Å². The second-order valence-corrected chi connectivity index (χ2v) is 13.3. The molecule has 2 atom stereocenters. The quantitative estimate of drug-likeness (QED) is 0.0132. The minimum Gasteiger partial charge on any atom is -0.565 e. The molecule has 6 aromatic rings. The van der Waals surface area contributed by atoms with E-state index < -0.39 is 5.97 Å². The molecule has 0 aliphatic heterocycles. The first kappa shape index (κ1) is 80.1. The molecule has 0 saturated heterocycles. The van der Waals surface area contributed by atoms with Gasteiger partial charge in [-0.05, 0) is 43.1 Å². The first-order valence-electron chi connectivity index (χ1n) is 26.5. The van der Waals surface area contributed by atoms with Crippen molar-refractivity contribution < 1.29 is 63.7 Å². The average molecular weight is 1170 g/mol. The van der Waals surface area contributed by atoms with Gasteiger partial charge < -0.3 is 25.8 Å². The molecule has 0 saturated carbocycles. The summed E-state index contributed by atoms with van der Waals surface area (Å²) in [6.07, 6.45) is 0. The molecule has 436 valence electrons. The van der Waals surface area contributed by atoms with Crippen molar-refractivity contribution in [2.24, 2.45) is 30.7 Å². The van der Waals surface area contributed by atoms with Gasteiger partial charge >= 0.3 is 34.1 Å². The zero-order valence-electron chi connectivity index (χ0n) is 49.3. The van der Waals surface area contributed by atoms with Crippen molar-refractivity contribution >= 4 is 17.6 Å². The van der Waals surface area contributed by atoms with Gasteiger partial charge in [0.15, 0.2) is 11.7 Å². The van der Waals surface area contributed by atoms with Crippen LogP contribution in [0.4, 0.5) is 0 Å². The number of nitrogens with zero attached hydrogens (tertiary/aromatic N) is 6. The number of rotatable bonds is 17. The van der Waals surface area contributed by atoms with Crippen LogP contribution in [-0.2, 0) is 50.5 Å². The monoisotopic (exact) mass is 1170 g/mol. The molecule has 4 N–H and O–H groups in total. The van der Waals surface area contributed by atoms with Gasteiger partial charge in [-0.2, -0.15) is 27.9 Å². The number of carboxylic acids is 1. The van der Waals surface area contributed by atoms with Gasteiger partial charge in [0.05, 0.1) is 26.3 Å². The molecule has 2 unspecified atom stereocenters. The zero-order chi connectivity index (χ0) is 57.9. The number of carbonyl (C=O) groups is 1. The smallest absolute Gasteiger partial charge is 0.565 e. The van der Waals surface area contributed by atoms with E-state index in [9.17, 15) is 15.0 Å². The molecule has 14 nitrogen and oxygen atoms in total. The van der Waals surface area contributed by atoms with Crippen LogP contribution < -0.4 is 15.6 Å². The van der Waals surface area contributed by atoms with Crippen LogP contribution in [0.25, 0.3) is 0 Å².